The summed E-state index contributed by atoms with van der Waals surface area (Å²) in [5.41, 5.74) is 0. The molecule has 1 aliphatic rings. The van der Waals surface area contributed by atoms with E-state index in [1.54, 1.807) is 11.8 Å². The fraction of sp³-hybridized carbons (Fsp3) is 0.900. The van der Waals surface area contributed by atoms with Crippen LogP contribution in [0.3, 0.4) is 0 Å². The van der Waals surface area contributed by atoms with Gasteiger partial charge < -0.3 is 10.6 Å². The smallest absolute Gasteiger partial charge is 0.232 e. The molecule has 1 aliphatic heterocycles. The van der Waals surface area contributed by atoms with Crippen molar-refractivity contribution in [3.8, 4) is 0 Å². The molecule has 0 saturated carbocycles. The summed E-state index contributed by atoms with van der Waals surface area (Å²) in [4.78, 5) is 11.5. The number of carbonyl (C=O) groups is 1. The third kappa shape index (κ3) is 3.88. The fourth-order valence-corrected chi connectivity index (χ4v) is 1.89. The summed E-state index contributed by atoms with van der Waals surface area (Å²) < 4.78 is 0. The van der Waals surface area contributed by atoms with E-state index in [-0.39, 0.29) is 11.2 Å². The number of thioether (sulfide) groups is 1. The predicted octanol–water partition coefficient (Wildman–Crippen LogP) is 0.854. The molecule has 1 saturated heterocycles. The Morgan fingerprint density at radius 1 is 1.71 bits per heavy atom. The Morgan fingerprint density at radius 2 is 2.50 bits per heavy atom. The van der Waals surface area contributed by atoms with Crippen molar-refractivity contribution in [1.82, 2.24) is 10.6 Å². The molecule has 82 valence electrons. The number of carbonyl (C=O) groups excluding carboxylic acids is 1. The number of hydrogen-bond donors (Lipinski definition) is 2. The predicted molar refractivity (Wildman–Crippen MR) is 61.6 cm³/mol. The molecule has 4 heteroatoms. The maximum atomic E-state index is 11.5. The molecule has 2 unspecified atom stereocenters. The Labute approximate surface area is 90.4 Å². The van der Waals surface area contributed by atoms with Crippen LogP contribution < -0.4 is 10.6 Å². The van der Waals surface area contributed by atoms with E-state index in [9.17, 15) is 4.79 Å². The zero-order valence-electron chi connectivity index (χ0n) is 9.01. The van der Waals surface area contributed by atoms with Crippen molar-refractivity contribution in [2.75, 3.05) is 25.9 Å². The average molecular weight is 216 g/mol. The van der Waals surface area contributed by atoms with Gasteiger partial charge in [-0.3, -0.25) is 4.79 Å². The van der Waals surface area contributed by atoms with Crippen molar-refractivity contribution >= 4 is 17.7 Å². The number of piperidine rings is 1. The quantitative estimate of drug-likeness (QED) is 0.732. The SMILES string of the molecule is CSC(C)C(=O)NCC1CCCNC1. The lowest BCUT2D eigenvalue weighted by Crippen LogP contribution is -2.40. The molecule has 1 amide bonds. The highest BCUT2D eigenvalue weighted by molar-refractivity contribution is 7.99. The maximum Gasteiger partial charge on any atom is 0.232 e. The summed E-state index contributed by atoms with van der Waals surface area (Å²) >= 11 is 1.59. The molecule has 0 radical (unpaired) electrons. The zero-order valence-corrected chi connectivity index (χ0v) is 9.82. The number of nitrogens with one attached hydrogen (secondary N) is 2. The van der Waals surface area contributed by atoms with E-state index >= 15 is 0 Å². The molecule has 1 rings (SSSR count). The monoisotopic (exact) mass is 216 g/mol. The first kappa shape index (κ1) is 11.9. The molecule has 0 aromatic rings. The van der Waals surface area contributed by atoms with E-state index in [2.05, 4.69) is 10.6 Å². The fourth-order valence-electron chi connectivity index (χ4n) is 1.59. The molecular weight excluding hydrogens is 196 g/mol. The van der Waals surface area contributed by atoms with Crippen LogP contribution in [0.1, 0.15) is 19.8 Å². The minimum Gasteiger partial charge on any atom is -0.355 e. The van der Waals surface area contributed by atoms with Gasteiger partial charge in [0.1, 0.15) is 0 Å². The van der Waals surface area contributed by atoms with Crippen molar-refractivity contribution in [2.24, 2.45) is 5.92 Å². The summed E-state index contributed by atoms with van der Waals surface area (Å²) in [5, 5.41) is 6.42. The van der Waals surface area contributed by atoms with Crippen LogP contribution in [0.5, 0.6) is 0 Å². The molecule has 0 aromatic carbocycles. The molecule has 2 N–H and O–H groups in total. The zero-order chi connectivity index (χ0) is 10.4. The molecule has 2 atom stereocenters. The Bertz CT molecular complexity index is 181. The molecular formula is C10H20N2OS. The second-order valence-corrected chi connectivity index (χ2v) is 5.01. The summed E-state index contributed by atoms with van der Waals surface area (Å²) in [5.74, 6) is 0.796. The van der Waals surface area contributed by atoms with Crippen LogP contribution in [0.25, 0.3) is 0 Å². The highest BCUT2D eigenvalue weighted by Gasteiger charge is 2.15. The van der Waals surface area contributed by atoms with E-state index in [1.165, 1.54) is 12.8 Å². The second-order valence-electron chi connectivity index (χ2n) is 3.84. The van der Waals surface area contributed by atoms with E-state index in [0.29, 0.717) is 5.92 Å². The lowest BCUT2D eigenvalue weighted by atomic mass is 10.00. The van der Waals surface area contributed by atoms with Gasteiger partial charge in [-0.1, -0.05) is 0 Å². The molecule has 0 bridgehead atoms. The van der Waals surface area contributed by atoms with E-state index in [1.807, 2.05) is 13.2 Å². The summed E-state index contributed by atoms with van der Waals surface area (Å²) in [6.45, 7) is 4.95. The third-order valence-corrected chi connectivity index (χ3v) is 3.61. The van der Waals surface area contributed by atoms with Crippen LogP contribution in [-0.4, -0.2) is 37.0 Å². The van der Waals surface area contributed by atoms with Crippen molar-refractivity contribution in [3.05, 3.63) is 0 Å². The Morgan fingerprint density at radius 3 is 3.07 bits per heavy atom. The molecule has 0 aromatic heterocycles. The molecule has 1 heterocycles. The Kier molecular flexibility index (Phi) is 5.33. The first-order valence-corrected chi connectivity index (χ1v) is 6.54. The lowest BCUT2D eigenvalue weighted by Gasteiger charge is -2.23. The van der Waals surface area contributed by atoms with Gasteiger partial charge in [0.05, 0.1) is 5.25 Å². The minimum atomic E-state index is 0.0755. The highest BCUT2D eigenvalue weighted by atomic mass is 32.2. The van der Waals surface area contributed by atoms with E-state index in [0.717, 1.165) is 19.6 Å². The maximum absolute atomic E-state index is 11.5. The molecule has 3 nitrogen and oxygen atoms in total. The molecule has 1 fully saturated rings. The summed E-state index contributed by atoms with van der Waals surface area (Å²) in [6, 6.07) is 0. The van der Waals surface area contributed by atoms with Gasteiger partial charge in [-0.05, 0) is 45.0 Å². The highest BCUT2D eigenvalue weighted by Crippen LogP contribution is 2.09. The van der Waals surface area contributed by atoms with Crippen molar-refractivity contribution in [3.63, 3.8) is 0 Å². The van der Waals surface area contributed by atoms with Crippen molar-refractivity contribution in [2.45, 2.75) is 25.0 Å². The lowest BCUT2D eigenvalue weighted by molar-refractivity contribution is -0.120. The van der Waals surface area contributed by atoms with Gasteiger partial charge in [0.15, 0.2) is 0 Å². The van der Waals surface area contributed by atoms with Gasteiger partial charge in [-0.2, -0.15) is 11.8 Å². The second kappa shape index (κ2) is 6.30. The van der Waals surface area contributed by atoms with Gasteiger partial charge >= 0.3 is 0 Å². The topological polar surface area (TPSA) is 41.1 Å². The van der Waals surface area contributed by atoms with Gasteiger partial charge in [-0.25, -0.2) is 0 Å². The third-order valence-electron chi connectivity index (χ3n) is 2.69. The Balaban J connectivity index is 2.15. The van der Waals surface area contributed by atoms with Crippen LogP contribution in [0.4, 0.5) is 0 Å². The standard InChI is InChI=1S/C10H20N2OS/c1-8(14-2)10(13)12-7-9-4-3-5-11-6-9/h8-9,11H,3-7H2,1-2H3,(H,12,13). The number of amides is 1. The molecule has 0 spiro atoms. The first-order valence-electron chi connectivity index (χ1n) is 5.25. The van der Waals surface area contributed by atoms with Crippen LogP contribution in [0, 0.1) is 5.92 Å². The van der Waals surface area contributed by atoms with Crippen LogP contribution in [0.2, 0.25) is 0 Å². The molecule has 14 heavy (non-hydrogen) atoms. The minimum absolute atomic E-state index is 0.0755. The van der Waals surface area contributed by atoms with Crippen LogP contribution in [0.15, 0.2) is 0 Å². The van der Waals surface area contributed by atoms with E-state index < -0.39 is 0 Å². The Hall–Kier alpha value is -0.220. The number of rotatable bonds is 4. The van der Waals surface area contributed by atoms with Crippen LogP contribution >= 0.6 is 11.8 Å². The van der Waals surface area contributed by atoms with Gasteiger partial charge in [0, 0.05) is 6.54 Å². The van der Waals surface area contributed by atoms with Crippen LogP contribution in [-0.2, 0) is 4.79 Å². The van der Waals surface area contributed by atoms with Gasteiger partial charge in [-0.15, -0.1) is 0 Å². The van der Waals surface area contributed by atoms with E-state index in [4.69, 9.17) is 0 Å². The average Bonchev–Trinajstić information content (AvgIpc) is 2.26. The number of hydrogen-bond acceptors (Lipinski definition) is 3. The summed E-state index contributed by atoms with van der Waals surface area (Å²) in [7, 11) is 0. The largest absolute Gasteiger partial charge is 0.355 e. The van der Waals surface area contributed by atoms with Crippen molar-refractivity contribution < 1.29 is 4.79 Å². The summed E-state index contributed by atoms with van der Waals surface area (Å²) in [6.07, 6.45) is 4.44. The first-order chi connectivity index (χ1) is 6.74. The van der Waals surface area contributed by atoms with Gasteiger partial charge in [0.2, 0.25) is 5.91 Å². The van der Waals surface area contributed by atoms with Crippen molar-refractivity contribution in [1.29, 1.82) is 0 Å². The normalized spacial score (nSPS) is 24.3. The molecule has 0 aliphatic carbocycles. The van der Waals surface area contributed by atoms with Gasteiger partial charge in [0.25, 0.3) is 0 Å².